The van der Waals surface area contributed by atoms with E-state index in [4.69, 9.17) is 9.84 Å². The maximum atomic E-state index is 11.1. The van der Waals surface area contributed by atoms with Crippen molar-refractivity contribution in [2.75, 3.05) is 13.7 Å². The summed E-state index contributed by atoms with van der Waals surface area (Å²) in [4.78, 5) is 22.3. The number of carbonyl (C=O) groups is 2. The monoisotopic (exact) mass is 269 g/mol. The predicted molar refractivity (Wildman–Crippen MR) is 62.0 cm³/mol. The number of carbonyl (C=O) groups excluding carboxylic acids is 2. The average Bonchev–Trinajstić information content (AvgIpc) is 2.74. The Morgan fingerprint density at radius 1 is 1.74 bits per heavy atom. The fraction of sp³-hybridized carbons (Fsp3) is 0.545. The lowest BCUT2D eigenvalue weighted by atomic mass is 10.1. The number of rotatable bonds is 5. The van der Waals surface area contributed by atoms with Crippen LogP contribution >= 0.6 is 0 Å². The molecule has 1 aliphatic heterocycles. The molecule has 0 aromatic heterocycles. The molecule has 8 nitrogen and oxygen atoms in total. The Morgan fingerprint density at radius 3 is 2.89 bits per heavy atom. The maximum Gasteiger partial charge on any atom is 0.257 e. The molecule has 1 aliphatic rings. The van der Waals surface area contributed by atoms with Crippen LogP contribution in [0.2, 0.25) is 0 Å². The minimum atomic E-state index is -1.66. The highest BCUT2D eigenvalue weighted by molar-refractivity contribution is 5.94. The Labute approximate surface area is 109 Å². The molecule has 0 aromatic carbocycles. The van der Waals surface area contributed by atoms with Crippen LogP contribution in [0.5, 0.6) is 0 Å². The summed E-state index contributed by atoms with van der Waals surface area (Å²) in [7, 11) is 1.44. The van der Waals surface area contributed by atoms with Crippen molar-refractivity contribution in [1.29, 1.82) is 5.26 Å². The van der Waals surface area contributed by atoms with Crippen LogP contribution in [-0.2, 0) is 14.3 Å². The van der Waals surface area contributed by atoms with Gasteiger partial charge in [-0.1, -0.05) is 0 Å². The SMILES string of the molecule is CN(/C=C\C(=O)NC=O)[C@]1(C#N)O[C@H](CO)C[C@H]1O. The number of likely N-dealkylation sites (N-methyl/N-ethyl adjacent to an activating group) is 1. The molecule has 8 heteroatoms. The van der Waals surface area contributed by atoms with Gasteiger partial charge in [-0.2, -0.15) is 5.26 Å². The number of imide groups is 1. The second-order valence-electron chi connectivity index (χ2n) is 4.04. The maximum absolute atomic E-state index is 11.1. The lowest BCUT2D eigenvalue weighted by molar-refractivity contribution is -0.125. The minimum Gasteiger partial charge on any atom is -0.394 e. The molecule has 1 rings (SSSR count). The predicted octanol–water partition coefficient (Wildman–Crippen LogP) is -1.93. The third-order valence-electron chi connectivity index (χ3n) is 2.82. The number of aliphatic hydroxyl groups excluding tert-OH is 2. The van der Waals surface area contributed by atoms with E-state index in [1.54, 1.807) is 0 Å². The van der Waals surface area contributed by atoms with Crippen LogP contribution in [0.1, 0.15) is 6.42 Å². The topological polar surface area (TPSA) is 123 Å². The van der Waals surface area contributed by atoms with Crippen molar-refractivity contribution in [3.8, 4) is 6.07 Å². The summed E-state index contributed by atoms with van der Waals surface area (Å²) in [5, 5.41) is 30.0. The van der Waals surface area contributed by atoms with E-state index in [1.165, 1.54) is 18.1 Å². The first kappa shape index (κ1) is 15.1. The van der Waals surface area contributed by atoms with Gasteiger partial charge in [0.1, 0.15) is 12.2 Å². The molecular formula is C11H15N3O5. The van der Waals surface area contributed by atoms with Gasteiger partial charge in [0.15, 0.2) is 0 Å². The highest BCUT2D eigenvalue weighted by Gasteiger charge is 2.51. The molecule has 0 aromatic rings. The van der Waals surface area contributed by atoms with E-state index >= 15 is 0 Å². The van der Waals surface area contributed by atoms with Crippen LogP contribution in [0.3, 0.4) is 0 Å². The highest BCUT2D eigenvalue weighted by atomic mass is 16.6. The Morgan fingerprint density at radius 2 is 2.42 bits per heavy atom. The van der Waals surface area contributed by atoms with Gasteiger partial charge >= 0.3 is 0 Å². The van der Waals surface area contributed by atoms with Gasteiger partial charge in [-0.15, -0.1) is 0 Å². The van der Waals surface area contributed by atoms with Crippen LogP contribution in [0, 0.1) is 11.3 Å². The highest BCUT2D eigenvalue weighted by Crippen LogP contribution is 2.32. The molecular weight excluding hydrogens is 254 g/mol. The van der Waals surface area contributed by atoms with Crippen LogP contribution < -0.4 is 5.32 Å². The molecule has 0 unspecified atom stereocenters. The number of ether oxygens (including phenoxy) is 1. The number of nitriles is 1. The molecule has 0 radical (unpaired) electrons. The smallest absolute Gasteiger partial charge is 0.257 e. The van der Waals surface area contributed by atoms with Crippen molar-refractivity contribution in [3.05, 3.63) is 12.3 Å². The summed E-state index contributed by atoms with van der Waals surface area (Å²) in [5.74, 6) is -0.666. The summed E-state index contributed by atoms with van der Waals surface area (Å²) in [6, 6.07) is 1.84. The molecule has 1 heterocycles. The molecule has 3 N–H and O–H groups in total. The second-order valence-corrected chi connectivity index (χ2v) is 4.04. The third-order valence-corrected chi connectivity index (χ3v) is 2.82. The van der Waals surface area contributed by atoms with Crippen molar-refractivity contribution in [2.45, 2.75) is 24.4 Å². The summed E-state index contributed by atoms with van der Waals surface area (Å²) < 4.78 is 5.33. The van der Waals surface area contributed by atoms with Crippen molar-refractivity contribution < 1.29 is 24.5 Å². The van der Waals surface area contributed by atoms with Gasteiger partial charge in [0.25, 0.3) is 11.6 Å². The molecule has 19 heavy (non-hydrogen) atoms. The molecule has 0 spiro atoms. The van der Waals surface area contributed by atoms with Gasteiger partial charge in [-0.25, -0.2) is 0 Å². The fourth-order valence-electron chi connectivity index (χ4n) is 1.80. The third kappa shape index (κ3) is 3.08. The van der Waals surface area contributed by atoms with Gasteiger partial charge in [-0.3, -0.25) is 14.9 Å². The summed E-state index contributed by atoms with van der Waals surface area (Å²) >= 11 is 0. The Kier molecular flexibility index (Phi) is 5.00. The molecule has 3 atom stereocenters. The first-order valence-corrected chi connectivity index (χ1v) is 5.53. The van der Waals surface area contributed by atoms with Crippen LogP contribution in [0.25, 0.3) is 0 Å². The molecule has 0 aliphatic carbocycles. The molecule has 0 saturated carbocycles. The first-order valence-electron chi connectivity index (χ1n) is 5.53. The normalized spacial score (nSPS) is 30.0. The zero-order valence-electron chi connectivity index (χ0n) is 10.3. The van der Waals surface area contributed by atoms with E-state index in [2.05, 4.69) is 0 Å². The van der Waals surface area contributed by atoms with Gasteiger partial charge in [0.05, 0.1) is 12.7 Å². The summed E-state index contributed by atoms with van der Waals surface area (Å²) in [5.41, 5.74) is -1.66. The Hall–Kier alpha value is -1.95. The van der Waals surface area contributed by atoms with Crippen molar-refractivity contribution >= 4 is 12.3 Å². The molecule has 104 valence electrons. The number of nitrogens with one attached hydrogen (secondary N) is 1. The minimum absolute atomic E-state index is 0.114. The molecule has 1 saturated heterocycles. The second kappa shape index (κ2) is 6.29. The van der Waals surface area contributed by atoms with Gasteiger partial charge < -0.3 is 19.8 Å². The van der Waals surface area contributed by atoms with Gasteiger partial charge in [0.2, 0.25) is 6.41 Å². The van der Waals surface area contributed by atoms with E-state index in [0.717, 1.165) is 6.08 Å². The lowest BCUT2D eigenvalue weighted by Gasteiger charge is -2.33. The fourth-order valence-corrected chi connectivity index (χ4v) is 1.80. The summed E-state index contributed by atoms with van der Waals surface area (Å²) in [6.07, 6.45) is 0.812. The number of hydrogen-bond acceptors (Lipinski definition) is 7. The van der Waals surface area contributed by atoms with E-state index < -0.39 is 23.8 Å². The van der Waals surface area contributed by atoms with E-state index in [9.17, 15) is 20.0 Å². The van der Waals surface area contributed by atoms with Crippen LogP contribution in [-0.4, -0.2) is 59.0 Å². The molecule has 1 fully saturated rings. The first-order chi connectivity index (χ1) is 9.00. The van der Waals surface area contributed by atoms with E-state index in [1.807, 2.05) is 11.4 Å². The van der Waals surface area contributed by atoms with E-state index in [-0.39, 0.29) is 19.4 Å². The van der Waals surface area contributed by atoms with Gasteiger partial charge in [0, 0.05) is 25.7 Å². The average molecular weight is 269 g/mol. The Balaban J connectivity index is 2.83. The van der Waals surface area contributed by atoms with E-state index in [0.29, 0.717) is 0 Å². The van der Waals surface area contributed by atoms with Crippen molar-refractivity contribution in [2.24, 2.45) is 0 Å². The standard InChI is InChI=1S/C11H15N3O5/c1-14(3-2-10(18)13-7-16)11(6-12)9(17)4-8(5-15)19-11/h2-3,7-9,15,17H,4-5H2,1H3,(H,13,16,18)/b3-2-/t8-,9+,11+/m0/s1. The lowest BCUT2D eigenvalue weighted by Crippen LogP contribution is -2.50. The number of amides is 2. The van der Waals surface area contributed by atoms with Crippen LogP contribution in [0.4, 0.5) is 0 Å². The van der Waals surface area contributed by atoms with Crippen molar-refractivity contribution in [3.63, 3.8) is 0 Å². The molecule has 0 bridgehead atoms. The van der Waals surface area contributed by atoms with Crippen molar-refractivity contribution in [1.82, 2.24) is 10.2 Å². The largest absolute Gasteiger partial charge is 0.394 e. The molecule has 2 amide bonds. The number of aliphatic hydroxyl groups is 2. The Bertz CT molecular complexity index is 419. The van der Waals surface area contributed by atoms with Crippen LogP contribution in [0.15, 0.2) is 12.3 Å². The zero-order valence-corrected chi connectivity index (χ0v) is 10.3. The zero-order chi connectivity index (χ0) is 14.5. The number of nitrogens with zero attached hydrogens (tertiary/aromatic N) is 2. The van der Waals surface area contributed by atoms with Gasteiger partial charge in [-0.05, 0) is 0 Å². The number of hydrogen-bond donors (Lipinski definition) is 3. The quantitative estimate of drug-likeness (QED) is 0.392. The summed E-state index contributed by atoms with van der Waals surface area (Å²) in [6.45, 7) is -0.316.